The maximum atomic E-state index is 4.43. The smallest absolute Gasteiger partial charge is 0.191 e. The molecule has 2 heterocycles. The molecule has 2 N–H and O–H groups in total. The van der Waals surface area contributed by atoms with Gasteiger partial charge in [-0.2, -0.15) is 0 Å². The number of nitrogens with zero attached hydrogens (tertiary/aromatic N) is 4. The van der Waals surface area contributed by atoms with E-state index in [-0.39, 0.29) is 0 Å². The molecule has 0 aliphatic carbocycles. The Bertz CT molecular complexity index is 616. The Morgan fingerprint density at radius 1 is 1.00 bits per heavy atom. The first-order valence-electron chi connectivity index (χ1n) is 11.8. The summed E-state index contributed by atoms with van der Waals surface area (Å²) in [6.45, 7) is 14.8. The third-order valence-corrected chi connectivity index (χ3v) is 6.48. The predicted molar refractivity (Wildman–Crippen MR) is 127 cm³/mol. The maximum absolute atomic E-state index is 4.43. The van der Waals surface area contributed by atoms with Gasteiger partial charge < -0.3 is 20.4 Å². The molecule has 0 amide bonds. The van der Waals surface area contributed by atoms with Crippen LogP contribution < -0.4 is 10.6 Å². The zero-order valence-corrected chi connectivity index (χ0v) is 19.3. The quantitative estimate of drug-likeness (QED) is 0.388. The van der Waals surface area contributed by atoms with Crippen molar-refractivity contribution < 1.29 is 0 Å². The molecule has 0 radical (unpaired) electrons. The number of aliphatic imine (C=N–C) groups is 1. The lowest BCUT2D eigenvalue weighted by atomic mass is 10.0. The zero-order valence-electron chi connectivity index (χ0n) is 19.3. The normalized spacial score (nSPS) is 20.6. The molecule has 2 aliphatic rings. The number of hydrogen-bond donors (Lipinski definition) is 2. The minimum Gasteiger partial charge on any atom is -0.356 e. The molecule has 2 saturated heterocycles. The monoisotopic (exact) mass is 414 g/mol. The molecule has 6 nitrogen and oxygen atoms in total. The number of benzene rings is 1. The molecule has 0 unspecified atom stereocenters. The predicted octanol–water partition coefficient (Wildman–Crippen LogP) is 2.23. The second-order valence-electron chi connectivity index (χ2n) is 9.00. The van der Waals surface area contributed by atoms with Crippen molar-refractivity contribution >= 4 is 5.96 Å². The first kappa shape index (κ1) is 23.0. The van der Waals surface area contributed by atoms with E-state index in [4.69, 9.17) is 0 Å². The van der Waals surface area contributed by atoms with Gasteiger partial charge in [-0.15, -0.1) is 0 Å². The second-order valence-corrected chi connectivity index (χ2v) is 9.00. The van der Waals surface area contributed by atoms with E-state index >= 15 is 0 Å². The van der Waals surface area contributed by atoms with E-state index in [9.17, 15) is 0 Å². The van der Waals surface area contributed by atoms with E-state index in [0.717, 1.165) is 32.0 Å². The van der Waals surface area contributed by atoms with Crippen LogP contribution in [0.3, 0.4) is 0 Å². The summed E-state index contributed by atoms with van der Waals surface area (Å²) in [4.78, 5) is 12.2. The Kier molecular flexibility index (Phi) is 9.43. The van der Waals surface area contributed by atoms with E-state index in [2.05, 4.69) is 74.5 Å². The molecule has 6 heteroatoms. The standard InChI is InChI=1S/C24H42N6/c1-21(2)30-14-10-23(11-15-30)27-24(25-3)26-12-7-13-28-16-18-29(19-17-28)20-22-8-5-4-6-9-22/h4-6,8-9,21,23H,7,10-20H2,1-3H3,(H2,25,26,27). The molecule has 30 heavy (non-hydrogen) atoms. The van der Waals surface area contributed by atoms with Crippen molar-refractivity contribution in [2.24, 2.45) is 4.99 Å². The van der Waals surface area contributed by atoms with Gasteiger partial charge in [0.25, 0.3) is 0 Å². The fourth-order valence-corrected chi connectivity index (χ4v) is 4.47. The van der Waals surface area contributed by atoms with Gasteiger partial charge in [0.05, 0.1) is 0 Å². The van der Waals surface area contributed by atoms with E-state index in [1.54, 1.807) is 0 Å². The highest BCUT2D eigenvalue weighted by atomic mass is 15.3. The minimum absolute atomic E-state index is 0.545. The van der Waals surface area contributed by atoms with Gasteiger partial charge in [-0.25, -0.2) is 0 Å². The number of nitrogens with one attached hydrogen (secondary N) is 2. The number of hydrogen-bond acceptors (Lipinski definition) is 4. The summed E-state index contributed by atoms with van der Waals surface area (Å²) < 4.78 is 0. The molecule has 3 rings (SSSR count). The van der Waals surface area contributed by atoms with E-state index < -0.39 is 0 Å². The molecule has 0 bridgehead atoms. The number of piperidine rings is 1. The van der Waals surface area contributed by atoms with Crippen LogP contribution in [0, 0.1) is 0 Å². The highest BCUT2D eigenvalue weighted by Gasteiger charge is 2.21. The summed E-state index contributed by atoms with van der Waals surface area (Å²) in [6, 6.07) is 12.0. The molecular weight excluding hydrogens is 372 g/mol. The van der Waals surface area contributed by atoms with Crippen LogP contribution >= 0.6 is 0 Å². The van der Waals surface area contributed by atoms with Crippen molar-refractivity contribution in [3.8, 4) is 0 Å². The topological polar surface area (TPSA) is 46.1 Å². The van der Waals surface area contributed by atoms with Crippen LogP contribution in [0.2, 0.25) is 0 Å². The lowest BCUT2D eigenvalue weighted by Gasteiger charge is -2.35. The van der Waals surface area contributed by atoms with Gasteiger partial charge in [-0.1, -0.05) is 30.3 Å². The van der Waals surface area contributed by atoms with Crippen LogP contribution in [0.15, 0.2) is 35.3 Å². The van der Waals surface area contributed by atoms with Gasteiger partial charge in [0.2, 0.25) is 0 Å². The van der Waals surface area contributed by atoms with Crippen LogP contribution in [0.1, 0.15) is 38.7 Å². The molecule has 1 aromatic carbocycles. The third kappa shape index (κ3) is 7.56. The summed E-state index contributed by atoms with van der Waals surface area (Å²) >= 11 is 0. The molecular formula is C24H42N6. The fourth-order valence-electron chi connectivity index (χ4n) is 4.47. The largest absolute Gasteiger partial charge is 0.356 e. The van der Waals surface area contributed by atoms with Gasteiger partial charge in [0.15, 0.2) is 5.96 Å². The van der Waals surface area contributed by atoms with Gasteiger partial charge in [-0.05, 0) is 45.2 Å². The van der Waals surface area contributed by atoms with E-state index in [1.165, 1.54) is 57.7 Å². The lowest BCUT2D eigenvalue weighted by molar-refractivity contribution is 0.126. The minimum atomic E-state index is 0.545. The molecule has 2 aliphatic heterocycles. The molecule has 1 aromatic rings. The molecule has 0 saturated carbocycles. The summed E-state index contributed by atoms with van der Waals surface area (Å²) in [5, 5.41) is 7.14. The van der Waals surface area contributed by atoms with Crippen LogP contribution in [0.25, 0.3) is 0 Å². The average Bonchev–Trinajstić information content (AvgIpc) is 2.78. The summed E-state index contributed by atoms with van der Waals surface area (Å²) in [6.07, 6.45) is 3.56. The number of likely N-dealkylation sites (tertiary alicyclic amines) is 1. The number of rotatable bonds is 8. The maximum Gasteiger partial charge on any atom is 0.191 e. The Labute approximate surface area is 183 Å². The first-order chi connectivity index (χ1) is 14.6. The lowest BCUT2D eigenvalue weighted by Crippen LogP contribution is -2.50. The Morgan fingerprint density at radius 3 is 2.30 bits per heavy atom. The van der Waals surface area contributed by atoms with Gasteiger partial charge in [0.1, 0.15) is 0 Å². The molecule has 0 aromatic heterocycles. The van der Waals surface area contributed by atoms with Crippen molar-refractivity contribution in [3.63, 3.8) is 0 Å². The van der Waals surface area contributed by atoms with Gasteiger partial charge in [0, 0.05) is 71.5 Å². The summed E-state index contributed by atoms with van der Waals surface area (Å²) in [5.74, 6) is 0.964. The third-order valence-electron chi connectivity index (χ3n) is 6.48. The van der Waals surface area contributed by atoms with Crippen molar-refractivity contribution in [2.45, 2.75) is 51.7 Å². The highest BCUT2D eigenvalue weighted by molar-refractivity contribution is 5.79. The Morgan fingerprint density at radius 2 is 1.67 bits per heavy atom. The van der Waals surface area contributed by atoms with Crippen LogP contribution in [0.4, 0.5) is 0 Å². The van der Waals surface area contributed by atoms with Crippen molar-refractivity contribution in [1.29, 1.82) is 0 Å². The van der Waals surface area contributed by atoms with Crippen molar-refractivity contribution in [3.05, 3.63) is 35.9 Å². The van der Waals surface area contributed by atoms with Gasteiger partial charge >= 0.3 is 0 Å². The van der Waals surface area contributed by atoms with Crippen LogP contribution in [-0.4, -0.2) is 92.1 Å². The molecule has 2 fully saturated rings. The number of piperazine rings is 1. The summed E-state index contributed by atoms with van der Waals surface area (Å²) in [5.41, 5.74) is 1.42. The average molecular weight is 415 g/mol. The molecule has 0 spiro atoms. The number of guanidine groups is 1. The first-order valence-corrected chi connectivity index (χ1v) is 11.8. The molecule has 0 atom stereocenters. The second kappa shape index (κ2) is 12.3. The Balaban J connectivity index is 1.26. The van der Waals surface area contributed by atoms with Gasteiger partial charge in [-0.3, -0.25) is 9.89 Å². The van der Waals surface area contributed by atoms with Crippen molar-refractivity contribution in [1.82, 2.24) is 25.3 Å². The van der Waals surface area contributed by atoms with Crippen LogP contribution in [-0.2, 0) is 6.54 Å². The Hall–Kier alpha value is -1.63. The fraction of sp³-hybridized carbons (Fsp3) is 0.708. The van der Waals surface area contributed by atoms with Crippen LogP contribution in [0.5, 0.6) is 0 Å². The highest BCUT2D eigenvalue weighted by Crippen LogP contribution is 2.13. The van der Waals surface area contributed by atoms with E-state index in [0.29, 0.717) is 12.1 Å². The SMILES string of the molecule is CN=C(NCCCN1CCN(Cc2ccccc2)CC1)NC1CCN(C(C)C)CC1. The van der Waals surface area contributed by atoms with E-state index in [1.807, 2.05) is 7.05 Å². The van der Waals surface area contributed by atoms with Crippen molar-refractivity contribution in [2.75, 3.05) is 59.4 Å². The summed E-state index contributed by atoms with van der Waals surface area (Å²) in [7, 11) is 1.88. The molecule has 168 valence electrons. The zero-order chi connectivity index (χ0) is 21.2.